The lowest BCUT2D eigenvalue weighted by Crippen LogP contribution is -2.32. The molecule has 110 valence electrons. The van der Waals surface area contributed by atoms with Crippen LogP contribution in [0.25, 0.3) is 0 Å². The number of hydrogen-bond acceptors (Lipinski definition) is 2. The van der Waals surface area contributed by atoms with Crippen LogP contribution in [-0.2, 0) is 6.42 Å². The SMILES string of the molecule is CC(Cc1ccc(F)cc1)NCC1COc2ccccc21. The van der Waals surface area contributed by atoms with Crippen molar-refractivity contribution in [3.05, 3.63) is 65.5 Å². The number of hydrogen-bond donors (Lipinski definition) is 1. The summed E-state index contributed by atoms with van der Waals surface area (Å²) in [5.41, 5.74) is 2.44. The van der Waals surface area contributed by atoms with E-state index in [1.54, 1.807) is 0 Å². The van der Waals surface area contributed by atoms with E-state index in [9.17, 15) is 4.39 Å². The lowest BCUT2D eigenvalue weighted by molar-refractivity contribution is 0.323. The minimum absolute atomic E-state index is 0.181. The smallest absolute Gasteiger partial charge is 0.123 e. The highest BCUT2D eigenvalue weighted by atomic mass is 19.1. The van der Waals surface area contributed by atoms with E-state index in [1.807, 2.05) is 24.3 Å². The van der Waals surface area contributed by atoms with Gasteiger partial charge in [0.1, 0.15) is 11.6 Å². The summed E-state index contributed by atoms with van der Waals surface area (Å²) in [6.07, 6.45) is 0.898. The Morgan fingerprint density at radius 1 is 1.19 bits per heavy atom. The van der Waals surface area contributed by atoms with Gasteiger partial charge in [-0.05, 0) is 37.1 Å². The summed E-state index contributed by atoms with van der Waals surface area (Å²) in [7, 11) is 0. The van der Waals surface area contributed by atoms with Crippen molar-refractivity contribution < 1.29 is 9.13 Å². The van der Waals surface area contributed by atoms with E-state index in [0.717, 1.165) is 30.9 Å². The van der Waals surface area contributed by atoms with Crippen LogP contribution in [0.5, 0.6) is 5.75 Å². The predicted molar refractivity (Wildman–Crippen MR) is 82.2 cm³/mol. The van der Waals surface area contributed by atoms with Gasteiger partial charge in [-0.1, -0.05) is 30.3 Å². The lowest BCUT2D eigenvalue weighted by Gasteiger charge is -2.17. The Bertz CT molecular complexity index is 596. The average molecular weight is 285 g/mol. The number of rotatable bonds is 5. The molecule has 2 aromatic rings. The van der Waals surface area contributed by atoms with E-state index in [1.165, 1.54) is 17.7 Å². The highest BCUT2D eigenvalue weighted by Crippen LogP contribution is 2.32. The van der Waals surface area contributed by atoms with Gasteiger partial charge in [0.15, 0.2) is 0 Å². The molecule has 3 heteroatoms. The highest BCUT2D eigenvalue weighted by molar-refractivity contribution is 5.39. The summed E-state index contributed by atoms with van der Waals surface area (Å²) in [4.78, 5) is 0. The Morgan fingerprint density at radius 3 is 2.76 bits per heavy atom. The third kappa shape index (κ3) is 3.42. The van der Waals surface area contributed by atoms with Crippen molar-refractivity contribution in [3.63, 3.8) is 0 Å². The molecule has 0 amide bonds. The van der Waals surface area contributed by atoms with E-state index in [4.69, 9.17) is 4.74 Å². The quantitative estimate of drug-likeness (QED) is 0.907. The summed E-state index contributed by atoms with van der Waals surface area (Å²) in [6.45, 7) is 3.81. The van der Waals surface area contributed by atoms with Gasteiger partial charge in [-0.25, -0.2) is 4.39 Å². The summed E-state index contributed by atoms with van der Waals surface area (Å²) >= 11 is 0. The van der Waals surface area contributed by atoms with Gasteiger partial charge in [-0.3, -0.25) is 0 Å². The number of ether oxygens (including phenoxy) is 1. The Morgan fingerprint density at radius 2 is 1.95 bits per heavy atom. The van der Waals surface area contributed by atoms with Crippen molar-refractivity contribution >= 4 is 0 Å². The largest absolute Gasteiger partial charge is 0.493 e. The number of para-hydroxylation sites is 1. The van der Waals surface area contributed by atoms with Crippen molar-refractivity contribution in [2.75, 3.05) is 13.2 Å². The molecule has 2 unspecified atom stereocenters. The third-order valence-corrected chi connectivity index (χ3v) is 3.97. The van der Waals surface area contributed by atoms with Crippen molar-refractivity contribution in [1.29, 1.82) is 0 Å². The molecule has 0 fully saturated rings. The first-order valence-electron chi connectivity index (χ1n) is 7.42. The Balaban J connectivity index is 1.52. The van der Waals surface area contributed by atoms with Gasteiger partial charge in [0.2, 0.25) is 0 Å². The molecule has 1 aliphatic rings. The van der Waals surface area contributed by atoms with Crippen LogP contribution in [0.15, 0.2) is 48.5 Å². The summed E-state index contributed by atoms with van der Waals surface area (Å²) in [5, 5.41) is 3.55. The molecule has 3 rings (SSSR count). The van der Waals surface area contributed by atoms with Crippen molar-refractivity contribution in [3.8, 4) is 5.75 Å². The molecule has 1 aliphatic heterocycles. The van der Waals surface area contributed by atoms with Crippen LogP contribution in [-0.4, -0.2) is 19.2 Å². The lowest BCUT2D eigenvalue weighted by atomic mass is 10.0. The molecular formula is C18H20FNO. The molecule has 0 spiro atoms. The monoisotopic (exact) mass is 285 g/mol. The molecule has 1 N–H and O–H groups in total. The first kappa shape index (κ1) is 14.1. The molecule has 0 bridgehead atoms. The van der Waals surface area contributed by atoms with Crippen LogP contribution in [0, 0.1) is 5.82 Å². The first-order chi connectivity index (χ1) is 10.2. The number of fused-ring (bicyclic) bond motifs is 1. The molecule has 21 heavy (non-hydrogen) atoms. The molecule has 0 aliphatic carbocycles. The molecule has 2 nitrogen and oxygen atoms in total. The van der Waals surface area contributed by atoms with E-state index in [2.05, 4.69) is 24.4 Å². The normalized spacial score (nSPS) is 18.1. The fourth-order valence-electron chi connectivity index (χ4n) is 2.79. The maximum atomic E-state index is 12.9. The van der Waals surface area contributed by atoms with Gasteiger partial charge in [0.05, 0.1) is 6.61 Å². The van der Waals surface area contributed by atoms with E-state index in [0.29, 0.717) is 12.0 Å². The minimum Gasteiger partial charge on any atom is -0.493 e. The Hall–Kier alpha value is -1.87. The molecule has 0 aromatic heterocycles. The molecule has 0 radical (unpaired) electrons. The van der Waals surface area contributed by atoms with Gasteiger partial charge < -0.3 is 10.1 Å². The second-order valence-corrected chi connectivity index (χ2v) is 5.69. The van der Waals surface area contributed by atoms with Gasteiger partial charge in [-0.2, -0.15) is 0 Å². The summed E-state index contributed by atoms with van der Waals surface area (Å²) in [5.74, 6) is 1.24. The van der Waals surface area contributed by atoms with Crippen LogP contribution < -0.4 is 10.1 Å². The van der Waals surface area contributed by atoms with Gasteiger partial charge in [-0.15, -0.1) is 0 Å². The summed E-state index contributed by atoms with van der Waals surface area (Å²) in [6, 6.07) is 15.3. The zero-order valence-electron chi connectivity index (χ0n) is 12.2. The molecule has 1 heterocycles. The second-order valence-electron chi connectivity index (χ2n) is 5.69. The van der Waals surface area contributed by atoms with Crippen molar-refractivity contribution in [1.82, 2.24) is 5.32 Å². The van der Waals surface area contributed by atoms with Crippen LogP contribution in [0.1, 0.15) is 24.0 Å². The number of nitrogens with one attached hydrogen (secondary N) is 1. The third-order valence-electron chi connectivity index (χ3n) is 3.97. The topological polar surface area (TPSA) is 21.3 Å². The van der Waals surface area contributed by atoms with Crippen LogP contribution in [0.3, 0.4) is 0 Å². The highest BCUT2D eigenvalue weighted by Gasteiger charge is 2.23. The fourth-order valence-corrected chi connectivity index (χ4v) is 2.79. The van der Waals surface area contributed by atoms with Crippen LogP contribution in [0.4, 0.5) is 4.39 Å². The zero-order chi connectivity index (χ0) is 14.7. The Kier molecular flexibility index (Phi) is 4.20. The molecule has 2 atom stereocenters. The maximum absolute atomic E-state index is 12.9. The molecule has 0 saturated heterocycles. The second kappa shape index (κ2) is 6.27. The minimum atomic E-state index is -0.181. The Labute approximate surface area is 125 Å². The van der Waals surface area contributed by atoms with Crippen LogP contribution >= 0.6 is 0 Å². The van der Waals surface area contributed by atoms with E-state index < -0.39 is 0 Å². The van der Waals surface area contributed by atoms with Gasteiger partial charge >= 0.3 is 0 Å². The van der Waals surface area contributed by atoms with E-state index in [-0.39, 0.29) is 5.82 Å². The first-order valence-corrected chi connectivity index (χ1v) is 7.42. The fraction of sp³-hybridized carbons (Fsp3) is 0.333. The zero-order valence-corrected chi connectivity index (χ0v) is 12.2. The summed E-state index contributed by atoms with van der Waals surface area (Å²) < 4.78 is 18.6. The van der Waals surface area contributed by atoms with Gasteiger partial charge in [0.25, 0.3) is 0 Å². The number of benzene rings is 2. The molecule has 0 saturated carbocycles. The predicted octanol–water partition coefficient (Wildman–Crippen LogP) is 3.52. The van der Waals surface area contributed by atoms with Crippen molar-refractivity contribution in [2.24, 2.45) is 0 Å². The standard InChI is InChI=1S/C18H20FNO/c1-13(10-14-6-8-16(19)9-7-14)20-11-15-12-21-18-5-3-2-4-17(15)18/h2-9,13,15,20H,10-12H2,1H3. The molecular weight excluding hydrogens is 265 g/mol. The van der Waals surface area contributed by atoms with Gasteiger partial charge in [0, 0.05) is 24.1 Å². The van der Waals surface area contributed by atoms with E-state index >= 15 is 0 Å². The number of halogens is 1. The van der Waals surface area contributed by atoms with Crippen LogP contribution in [0.2, 0.25) is 0 Å². The van der Waals surface area contributed by atoms with Crippen molar-refractivity contribution in [2.45, 2.75) is 25.3 Å². The average Bonchev–Trinajstić information content (AvgIpc) is 2.91. The maximum Gasteiger partial charge on any atom is 0.123 e. The molecule has 2 aromatic carbocycles.